The first kappa shape index (κ1) is 11.9. The van der Waals surface area contributed by atoms with Crippen LogP contribution in [0.1, 0.15) is 0 Å². The molecule has 2 N–H and O–H groups in total. The molecule has 1 unspecified atom stereocenters. The SMILES string of the molecule is CP.Nc1ccc2cc3ccccc3cc2c1. The first-order chi connectivity index (χ1) is 8.33. The number of anilines is 1. The van der Waals surface area contributed by atoms with Gasteiger partial charge in [0.15, 0.2) is 0 Å². The molecule has 0 aliphatic rings. The maximum absolute atomic E-state index is 5.77. The van der Waals surface area contributed by atoms with Crippen LogP contribution in [0.4, 0.5) is 5.69 Å². The minimum Gasteiger partial charge on any atom is -0.399 e. The van der Waals surface area contributed by atoms with Crippen molar-refractivity contribution in [3.05, 3.63) is 54.6 Å². The van der Waals surface area contributed by atoms with Crippen LogP contribution in [-0.4, -0.2) is 6.66 Å². The molecule has 0 saturated carbocycles. The second-order valence-corrected chi connectivity index (χ2v) is 3.81. The Morgan fingerprint density at radius 2 is 1.24 bits per heavy atom. The summed E-state index contributed by atoms with van der Waals surface area (Å²) >= 11 is 0. The second-order valence-electron chi connectivity index (χ2n) is 3.81. The molecule has 1 atom stereocenters. The van der Waals surface area contributed by atoms with Crippen molar-refractivity contribution in [3.63, 3.8) is 0 Å². The molecular formula is C15H16NP. The number of benzene rings is 3. The zero-order valence-corrected chi connectivity index (χ0v) is 11.0. The maximum atomic E-state index is 5.77. The lowest BCUT2D eigenvalue weighted by molar-refractivity contribution is 1.74. The van der Waals surface area contributed by atoms with Crippen molar-refractivity contribution in [3.8, 4) is 0 Å². The largest absolute Gasteiger partial charge is 0.399 e. The molecule has 2 heteroatoms. The van der Waals surface area contributed by atoms with Crippen LogP contribution < -0.4 is 5.73 Å². The van der Waals surface area contributed by atoms with Crippen molar-refractivity contribution in [2.24, 2.45) is 0 Å². The van der Waals surface area contributed by atoms with Crippen molar-refractivity contribution in [1.82, 2.24) is 0 Å². The van der Waals surface area contributed by atoms with Gasteiger partial charge in [-0.05, 0) is 45.8 Å². The highest BCUT2D eigenvalue weighted by Crippen LogP contribution is 2.24. The average molecular weight is 241 g/mol. The Kier molecular flexibility index (Phi) is 3.61. The van der Waals surface area contributed by atoms with Crippen LogP contribution in [0.5, 0.6) is 0 Å². The standard InChI is InChI=1S/C14H11N.CH5P/c15-14-6-5-12-7-10-3-1-2-4-11(10)8-13(12)9-14;1-2/h1-9H,15H2;2H2,1H3. The summed E-state index contributed by atoms with van der Waals surface area (Å²) in [4.78, 5) is 0. The lowest BCUT2D eigenvalue weighted by Gasteiger charge is -2.02. The zero-order valence-electron chi connectivity index (χ0n) is 9.85. The van der Waals surface area contributed by atoms with Gasteiger partial charge in [0.05, 0.1) is 0 Å². The molecule has 0 aliphatic carbocycles. The minimum atomic E-state index is 0.817. The summed E-state index contributed by atoms with van der Waals surface area (Å²) < 4.78 is 0. The van der Waals surface area contributed by atoms with E-state index < -0.39 is 0 Å². The van der Waals surface area contributed by atoms with E-state index in [2.05, 4.69) is 51.7 Å². The minimum absolute atomic E-state index is 0.817. The third kappa shape index (κ3) is 2.40. The predicted molar refractivity (Wildman–Crippen MR) is 81.5 cm³/mol. The van der Waals surface area contributed by atoms with E-state index in [0.29, 0.717) is 0 Å². The van der Waals surface area contributed by atoms with Gasteiger partial charge in [0.2, 0.25) is 0 Å². The molecule has 1 nitrogen and oxygen atoms in total. The molecule has 3 aromatic carbocycles. The highest BCUT2D eigenvalue weighted by atomic mass is 31.0. The molecule has 0 saturated heterocycles. The molecule has 17 heavy (non-hydrogen) atoms. The fourth-order valence-electron chi connectivity index (χ4n) is 1.96. The Hall–Kier alpha value is -1.59. The molecule has 0 bridgehead atoms. The van der Waals surface area contributed by atoms with Crippen LogP contribution in [0.15, 0.2) is 54.6 Å². The van der Waals surface area contributed by atoms with Gasteiger partial charge in [0.25, 0.3) is 0 Å². The van der Waals surface area contributed by atoms with Gasteiger partial charge in [-0.25, -0.2) is 0 Å². The molecule has 0 amide bonds. The molecule has 0 heterocycles. The Bertz CT molecular complexity index is 647. The molecule has 3 aromatic rings. The summed E-state index contributed by atoms with van der Waals surface area (Å²) in [5.41, 5.74) is 6.59. The quantitative estimate of drug-likeness (QED) is 0.358. The topological polar surface area (TPSA) is 26.0 Å². The molecule has 86 valence electrons. The van der Waals surface area contributed by atoms with E-state index in [-0.39, 0.29) is 0 Å². The Labute approximate surface area is 104 Å². The van der Waals surface area contributed by atoms with Gasteiger partial charge < -0.3 is 5.73 Å². The third-order valence-electron chi connectivity index (χ3n) is 2.73. The number of nitrogens with two attached hydrogens (primary N) is 1. The molecule has 0 fully saturated rings. The average Bonchev–Trinajstić information content (AvgIpc) is 2.38. The predicted octanol–water partition coefficient (Wildman–Crippen LogP) is 4.07. The highest BCUT2D eigenvalue weighted by molar-refractivity contribution is 7.15. The summed E-state index contributed by atoms with van der Waals surface area (Å²) in [6.45, 7) is 1.92. The van der Waals surface area contributed by atoms with Crippen LogP contribution in [0.2, 0.25) is 0 Å². The maximum Gasteiger partial charge on any atom is 0.0320 e. The number of fused-ring (bicyclic) bond motifs is 2. The Balaban J connectivity index is 0.000000514. The van der Waals surface area contributed by atoms with Gasteiger partial charge in [-0.15, -0.1) is 9.24 Å². The Morgan fingerprint density at radius 1 is 0.706 bits per heavy atom. The first-order valence-corrected chi connectivity index (χ1v) is 6.74. The van der Waals surface area contributed by atoms with E-state index in [1.165, 1.54) is 21.5 Å². The normalized spacial score (nSPS) is 10.0. The van der Waals surface area contributed by atoms with E-state index in [1.54, 1.807) is 0 Å². The highest BCUT2D eigenvalue weighted by Gasteiger charge is 1.97. The third-order valence-corrected chi connectivity index (χ3v) is 2.73. The summed E-state index contributed by atoms with van der Waals surface area (Å²) in [6.07, 6.45) is 0. The van der Waals surface area contributed by atoms with Gasteiger partial charge in [-0.1, -0.05) is 37.0 Å². The summed E-state index contributed by atoms with van der Waals surface area (Å²) in [5.74, 6) is 0. The summed E-state index contributed by atoms with van der Waals surface area (Å²) in [5, 5.41) is 4.97. The molecule has 0 radical (unpaired) electrons. The van der Waals surface area contributed by atoms with Crippen molar-refractivity contribution >= 4 is 36.5 Å². The van der Waals surface area contributed by atoms with E-state index in [0.717, 1.165) is 5.69 Å². The summed E-state index contributed by atoms with van der Waals surface area (Å²) in [6, 6.07) is 18.8. The van der Waals surface area contributed by atoms with Crippen molar-refractivity contribution in [2.75, 3.05) is 12.4 Å². The van der Waals surface area contributed by atoms with E-state index in [1.807, 2.05) is 18.8 Å². The first-order valence-electron chi connectivity index (χ1n) is 5.59. The van der Waals surface area contributed by atoms with Crippen LogP contribution in [-0.2, 0) is 0 Å². The van der Waals surface area contributed by atoms with Crippen LogP contribution in [0, 0.1) is 0 Å². The number of rotatable bonds is 0. The number of hydrogen-bond donors (Lipinski definition) is 1. The van der Waals surface area contributed by atoms with E-state index >= 15 is 0 Å². The lowest BCUT2D eigenvalue weighted by Crippen LogP contribution is -1.83. The van der Waals surface area contributed by atoms with Crippen LogP contribution in [0.3, 0.4) is 0 Å². The van der Waals surface area contributed by atoms with Gasteiger partial charge in [0.1, 0.15) is 0 Å². The monoisotopic (exact) mass is 241 g/mol. The van der Waals surface area contributed by atoms with Gasteiger partial charge in [0, 0.05) is 5.69 Å². The molecule has 3 rings (SSSR count). The van der Waals surface area contributed by atoms with Gasteiger partial charge in [-0.3, -0.25) is 0 Å². The number of nitrogen functional groups attached to an aromatic ring is 1. The molecule has 0 aliphatic heterocycles. The van der Waals surface area contributed by atoms with Gasteiger partial charge in [-0.2, -0.15) is 0 Å². The Morgan fingerprint density at radius 3 is 1.88 bits per heavy atom. The molecule has 0 spiro atoms. The summed E-state index contributed by atoms with van der Waals surface area (Å²) in [7, 11) is 2.42. The van der Waals surface area contributed by atoms with Crippen molar-refractivity contribution < 1.29 is 0 Å². The van der Waals surface area contributed by atoms with Crippen LogP contribution in [0.25, 0.3) is 21.5 Å². The second kappa shape index (κ2) is 5.16. The lowest BCUT2D eigenvalue weighted by atomic mass is 10.0. The zero-order chi connectivity index (χ0) is 12.3. The van der Waals surface area contributed by atoms with Gasteiger partial charge >= 0.3 is 0 Å². The van der Waals surface area contributed by atoms with E-state index in [4.69, 9.17) is 5.73 Å². The smallest absolute Gasteiger partial charge is 0.0320 e. The van der Waals surface area contributed by atoms with Crippen molar-refractivity contribution in [2.45, 2.75) is 0 Å². The van der Waals surface area contributed by atoms with Crippen LogP contribution >= 0.6 is 9.24 Å². The molecular weight excluding hydrogens is 225 g/mol. The fourth-order valence-corrected chi connectivity index (χ4v) is 1.96. The van der Waals surface area contributed by atoms with Crippen molar-refractivity contribution in [1.29, 1.82) is 0 Å². The molecule has 0 aromatic heterocycles. The number of hydrogen-bond acceptors (Lipinski definition) is 1. The fraction of sp³-hybridized carbons (Fsp3) is 0.0667. The van der Waals surface area contributed by atoms with E-state index in [9.17, 15) is 0 Å².